The number of ether oxygens (including phenoxy) is 3. The van der Waals surface area contributed by atoms with Gasteiger partial charge in [0.15, 0.2) is 6.61 Å². The summed E-state index contributed by atoms with van der Waals surface area (Å²) >= 11 is 6.04. The van der Waals surface area contributed by atoms with Crippen LogP contribution in [0.25, 0.3) is 11.1 Å². The Kier molecular flexibility index (Phi) is 13.5. The number of halogens is 4. The van der Waals surface area contributed by atoms with Crippen molar-refractivity contribution in [3.63, 3.8) is 0 Å². The second kappa shape index (κ2) is 18.9. The monoisotopic (exact) mass is 845 g/mol. The number of amides is 2. The summed E-state index contributed by atoms with van der Waals surface area (Å²) in [7, 11) is 2.66. The van der Waals surface area contributed by atoms with E-state index >= 15 is 0 Å². The molecule has 0 spiro atoms. The van der Waals surface area contributed by atoms with Gasteiger partial charge in [-0.05, 0) is 78.4 Å². The highest BCUT2D eigenvalue weighted by Crippen LogP contribution is 2.48. The van der Waals surface area contributed by atoms with Crippen molar-refractivity contribution in [2.24, 2.45) is 0 Å². The van der Waals surface area contributed by atoms with Gasteiger partial charge < -0.3 is 35.5 Å². The van der Waals surface area contributed by atoms with E-state index in [1.54, 1.807) is 24.3 Å². The average Bonchev–Trinajstić information content (AvgIpc) is 4.02. The lowest BCUT2D eigenvalue weighted by Crippen LogP contribution is -2.44. The van der Waals surface area contributed by atoms with Crippen molar-refractivity contribution in [3.05, 3.63) is 119 Å². The maximum atomic E-state index is 13.2. The number of nitrogens with zero attached hydrogens (tertiary/aromatic N) is 3. The Morgan fingerprint density at radius 1 is 0.867 bits per heavy atom. The Bertz CT molecular complexity index is 2330. The number of carbonyl (C=O) groups excluding carboxylic acids is 4. The number of rotatable bonds is 18. The number of hydrogen-bond acceptors (Lipinski definition) is 12. The van der Waals surface area contributed by atoms with Gasteiger partial charge in [0.05, 0.1) is 19.8 Å². The van der Waals surface area contributed by atoms with Gasteiger partial charge in [0.25, 0.3) is 11.8 Å². The van der Waals surface area contributed by atoms with E-state index in [4.69, 9.17) is 25.8 Å². The maximum Gasteiger partial charge on any atom is 0.422 e. The molecule has 0 aliphatic heterocycles. The Morgan fingerprint density at radius 2 is 1.57 bits per heavy atom. The Balaban J connectivity index is 1.05. The number of Topliss-reactive ketones (excluding diaryl/α,β-unsaturated/α-hetero) is 1. The zero-order valence-electron chi connectivity index (χ0n) is 32.3. The number of hydrogen-bond donors (Lipinski definition) is 4. The minimum absolute atomic E-state index is 0.0305. The van der Waals surface area contributed by atoms with E-state index in [1.165, 1.54) is 31.4 Å². The summed E-state index contributed by atoms with van der Waals surface area (Å²) in [4.78, 5) is 63.6. The van der Waals surface area contributed by atoms with E-state index in [0.717, 1.165) is 23.8 Å². The third-order valence-electron chi connectivity index (χ3n) is 9.36. The zero-order chi connectivity index (χ0) is 42.9. The number of esters is 1. The Labute approximate surface area is 347 Å². The SMILES string of the molecule is COC(=O)[C@H](CCNC(=O)C(=O)Cc1ccc(-c2ccccc2)c(OC)c1)NC(=O)c1ccc(Nc2nc(NC3(c4ccc(Cl)cc4)CC3)nc(OCC(F)(F)F)n2)cc1. The van der Waals surface area contributed by atoms with Crippen LogP contribution in [0.5, 0.6) is 11.8 Å². The molecule has 1 aliphatic carbocycles. The van der Waals surface area contributed by atoms with E-state index < -0.39 is 53.9 Å². The van der Waals surface area contributed by atoms with E-state index in [0.29, 0.717) is 34.9 Å². The highest BCUT2D eigenvalue weighted by Gasteiger charge is 2.45. The molecule has 4 N–H and O–H groups in total. The summed E-state index contributed by atoms with van der Waals surface area (Å²) in [6.07, 6.45) is -3.51. The highest BCUT2D eigenvalue weighted by molar-refractivity contribution is 6.36. The molecule has 0 unspecified atom stereocenters. The number of alkyl halides is 3. The van der Waals surface area contributed by atoms with Crippen molar-refractivity contribution >= 4 is 52.8 Å². The van der Waals surface area contributed by atoms with E-state index in [1.807, 2.05) is 48.5 Å². The first-order valence-electron chi connectivity index (χ1n) is 18.5. The fourth-order valence-electron chi connectivity index (χ4n) is 6.14. The van der Waals surface area contributed by atoms with Crippen molar-refractivity contribution < 1.29 is 46.6 Å². The Morgan fingerprint density at radius 3 is 2.22 bits per heavy atom. The second-order valence-corrected chi connectivity index (χ2v) is 14.1. The van der Waals surface area contributed by atoms with Gasteiger partial charge in [-0.1, -0.05) is 66.2 Å². The van der Waals surface area contributed by atoms with Crippen LogP contribution in [0.2, 0.25) is 5.02 Å². The minimum Gasteiger partial charge on any atom is -0.496 e. The van der Waals surface area contributed by atoms with Gasteiger partial charge in [-0.3, -0.25) is 14.4 Å². The van der Waals surface area contributed by atoms with Gasteiger partial charge in [-0.2, -0.15) is 28.1 Å². The normalized spacial score (nSPS) is 13.3. The van der Waals surface area contributed by atoms with Crippen LogP contribution < -0.4 is 30.7 Å². The number of aromatic nitrogens is 3. The van der Waals surface area contributed by atoms with Gasteiger partial charge in [-0.25, -0.2) is 4.79 Å². The fraction of sp³-hybridized carbons (Fsp3) is 0.262. The van der Waals surface area contributed by atoms with Crippen LogP contribution in [-0.2, 0) is 31.1 Å². The minimum atomic E-state index is -4.64. The van der Waals surface area contributed by atoms with E-state index in [-0.39, 0.29) is 36.8 Å². The average molecular weight is 846 g/mol. The van der Waals surface area contributed by atoms with Crippen LogP contribution in [0.15, 0.2) is 97.1 Å². The summed E-state index contributed by atoms with van der Waals surface area (Å²) < 4.78 is 54.2. The third-order valence-corrected chi connectivity index (χ3v) is 9.61. The molecule has 1 heterocycles. The molecule has 1 atom stereocenters. The molecule has 312 valence electrons. The molecule has 0 radical (unpaired) electrons. The number of ketones is 1. The molecule has 0 saturated heterocycles. The highest BCUT2D eigenvalue weighted by atomic mass is 35.5. The second-order valence-electron chi connectivity index (χ2n) is 13.7. The molecular formula is C42H39ClF3N7O7. The van der Waals surface area contributed by atoms with Crippen LogP contribution in [0.3, 0.4) is 0 Å². The molecule has 18 heteroatoms. The van der Waals surface area contributed by atoms with Crippen molar-refractivity contribution in [1.29, 1.82) is 0 Å². The summed E-state index contributed by atoms with van der Waals surface area (Å²) in [5, 5.41) is 11.7. The summed E-state index contributed by atoms with van der Waals surface area (Å²) in [6, 6.07) is 26.0. The molecule has 1 fully saturated rings. The van der Waals surface area contributed by atoms with Crippen LogP contribution in [0.1, 0.15) is 40.7 Å². The predicted molar refractivity (Wildman–Crippen MR) is 215 cm³/mol. The van der Waals surface area contributed by atoms with Gasteiger partial charge in [-0.15, -0.1) is 0 Å². The van der Waals surface area contributed by atoms with Crippen molar-refractivity contribution in [1.82, 2.24) is 25.6 Å². The summed E-state index contributed by atoms with van der Waals surface area (Å²) in [5.41, 5.74) is 3.15. The van der Waals surface area contributed by atoms with Crippen LogP contribution in [0, 0.1) is 0 Å². The van der Waals surface area contributed by atoms with Gasteiger partial charge in [0, 0.05) is 34.8 Å². The summed E-state index contributed by atoms with van der Waals surface area (Å²) in [5.74, 6) is -2.64. The lowest BCUT2D eigenvalue weighted by Gasteiger charge is -2.19. The largest absolute Gasteiger partial charge is 0.496 e. The van der Waals surface area contributed by atoms with Gasteiger partial charge >= 0.3 is 18.2 Å². The number of nitrogens with one attached hydrogen (secondary N) is 4. The van der Waals surface area contributed by atoms with Gasteiger partial charge in [0.2, 0.25) is 17.7 Å². The first kappa shape index (κ1) is 42.8. The Hall–Kier alpha value is -6.75. The molecule has 60 heavy (non-hydrogen) atoms. The smallest absolute Gasteiger partial charge is 0.422 e. The first-order valence-corrected chi connectivity index (χ1v) is 18.9. The van der Waals surface area contributed by atoms with Crippen molar-refractivity contribution in [2.45, 2.75) is 43.4 Å². The molecule has 4 aromatic carbocycles. The quantitative estimate of drug-likeness (QED) is 0.0551. The lowest BCUT2D eigenvalue weighted by atomic mass is 10.0. The lowest BCUT2D eigenvalue weighted by molar-refractivity contribution is -0.154. The molecule has 0 bridgehead atoms. The maximum absolute atomic E-state index is 13.2. The molecule has 1 saturated carbocycles. The molecule has 2 amide bonds. The number of anilines is 3. The van der Waals surface area contributed by atoms with E-state index in [9.17, 15) is 32.3 Å². The molecule has 6 rings (SSSR count). The van der Waals surface area contributed by atoms with Gasteiger partial charge in [0.1, 0.15) is 11.8 Å². The zero-order valence-corrected chi connectivity index (χ0v) is 33.0. The fourth-order valence-corrected chi connectivity index (χ4v) is 6.26. The predicted octanol–water partition coefficient (Wildman–Crippen LogP) is 6.58. The molecule has 14 nitrogen and oxygen atoms in total. The third kappa shape index (κ3) is 11.5. The van der Waals surface area contributed by atoms with Crippen molar-refractivity contribution in [2.75, 3.05) is 38.0 Å². The van der Waals surface area contributed by atoms with Crippen LogP contribution in [-0.4, -0.2) is 78.1 Å². The van der Waals surface area contributed by atoms with Crippen LogP contribution >= 0.6 is 11.6 Å². The number of benzene rings is 4. The molecule has 1 aromatic heterocycles. The number of methoxy groups -OCH3 is 2. The van der Waals surface area contributed by atoms with Crippen LogP contribution in [0.4, 0.5) is 30.8 Å². The topological polar surface area (TPSA) is 183 Å². The summed E-state index contributed by atoms with van der Waals surface area (Å²) in [6.45, 7) is -1.76. The number of carbonyl (C=O) groups is 4. The first-order chi connectivity index (χ1) is 28.7. The molecule has 1 aliphatic rings. The molecule has 5 aromatic rings. The van der Waals surface area contributed by atoms with Crippen molar-refractivity contribution in [3.8, 4) is 22.9 Å². The molecular weight excluding hydrogens is 807 g/mol. The standard InChI is InChI=1S/C42H39ClF3N7O7/c1-58-34-23-25(8-17-31(34)26-6-4-3-5-7-26)22-33(54)36(56)47-21-18-32(37(57)59-2)49-35(55)27-9-15-30(16-10-27)48-38-50-39(52-40(51-38)60-24-42(44,45)46)53-41(19-20-41)28-11-13-29(43)14-12-28/h3-17,23,32H,18-22,24H2,1-2H3,(H,47,56)(H,49,55)(H2,48,50,51,52,53)/t32-/m0/s1. The van der Waals surface area contributed by atoms with E-state index in [2.05, 4.69) is 36.2 Å².